The Balaban J connectivity index is 1.82. The van der Waals surface area contributed by atoms with Crippen LogP contribution in [0.5, 0.6) is 0 Å². The number of hydrogen-bond acceptors (Lipinski definition) is 7. The molecule has 0 fully saturated rings. The van der Waals surface area contributed by atoms with Crippen LogP contribution in [0.1, 0.15) is 22.3 Å². The maximum Gasteiger partial charge on any atom is 0.226 e. The topological polar surface area (TPSA) is 129 Å². The first kappa shape index (κ1) is 24.6. The first-order valence-electron chi connectivity index (χ1n) is 11.6. The van der Waals surface area contributed by atoms with Crippen molar-refractivity contribution >= 4 is 39.9 Å². The number of allylic oxidation sites excluding steroid dienone is 2. The van der Waals surface area contributed by atoms with Gasteiger partial charge in [-0.3, -0.25) is 4.79 Å². The van der Waals surface area contributed by atoms with E-state index in [-0.39, 0.29) is 11.5 Å². The van der Waals surface area contributed by atoms with Crippen molar-refractivity contribution in [2.45, 2.75) is 27.2 Å². The van der Waals surface area contributed by atoms with Gasteiger partial charge in [0, 0.05) is 34.7 Å². The number of carbonyl (C=O) groups excluding carboxylic acids is 1. The van der Waals surface area contributed by atoms with Gasteiger partial charge >= 0.3 is 0 Å². The van der Waals surface area contributed by atoms with E-state index < -0.39 is 0 Å². The molecular weight excluding hydrogens is 450 g/mol. The van der Waals surface area contributed by atoms with Gasteiger partial charge < -0.3 is 27.3 Å². The summed E-state index contributed by atoms with van der Waals surface area (Å²) < 4.78 is 5.65. The van der Waals surface area contributed by atoms with Crippen LogP contribution in [0.15, 0.2) is 82.7 Å². The lowest BCUT2D eigenvalue weighted by Crippen LogP contribution is -2.25. The number of nitrogens with two attached hydrogens (primary N) is 3. The molecule has 0 aromatic heterocycles. The van der Waals surface area contributed by atoms with Gasteiger partial charge in [-0.2, -0.15) is 0 Å². The van der Waals surface area contributed by atoms with Crippen LogP contribution >= 0.6 is 0 Å². The molecule has 0 radical (unpaired) electrons. The number of methoxy groups -OCH3 is 1. The van der Waals surface area contributed by atoms with Crippen LogP contribution in [-0.4, -0.2) is 18.6 Å². The highest BCUT2D eigenvalue weighted by Gasteiger charge is 2.29. The van der Waals surface area contributed by atoms with Crippen molar-refractivity contribution in [3.8, 4) is 0 Å². The molecule has 7 N–H and O–H groups in total. The van der Waals surface area contributed by atoms with Crippen molar-refractivity contribution in [3.63, 3.8) is 0 Å². The van der Waals surface area contributed by atoms with Crippen molar-refractivity contribution < 1.29 is 9.53 Å². The van der Waals surface area contributed by atoms with Gasteiger partial charge in [-0.25, -0.2) is 4.99 Å². The zero-order valence-electron chi connectivity index (χ0n) is 21.0. The predicted molar refractivity (Wildman–Crippen MR) is 148 cm³/mol. The van der Waals surface area contributed by atoms with Crippen LogP contribution < -0.4 is 22.5 Å². The summed E-state index contributed by atoms with van der Waals surface area (Å²) in [7, 11) is 1.49. The van der Waals surface area contributed by atoms with Crippen LogP contribution in [0.3, 0.4) is 0 Å². The van der Waals surface area contributed by atoms with Gasteiger partial charge in [0.05, 0.1) is 18.5 Å². The molecule has 0 amide bonds. The lowest BCUT2D eigenvalue weighted by atomic mass is 9.92. The maximum absolute atomic E-state index is 13.5. The fourth-order valence-corrected chi connectivity index (χ4v) is 4.05. The SMILES string of the molecule is COC1=C(Nc2ccc(N)c(C)c2)C(=Nc2ccc(N)c(C)c2)C=C(Cc2ccc(N)c(C)c2)C1=O. The summed E-state index contributed by atoms with van der Waals surface area (Å²) in [5.41, 5.74) is 27.0. The Bertz CT molecular complexity index is 1450. The third-order valence-corrected chi connectivity index (χ3v) is 6.27. The number of nitrogens with one attached hydrogen (secondary N) is 1. The molecule has 1 aliphatic rings. The van der Waals surface area contributed by atoms with Crippen LogP contribution in [0.25, 0.3) is 0 Å². The molecular formula is C29H31N5O2. The number of aliphatic imine (C=N–C) groups is 1. The first-order chi connectivity index (χ1) is 17.2. The molecule has 0 spiro atoms. The number of nitrogens with zero attached hydrogens (tertiary/aromatic N) is 1. The highest BCUT2D eigenvalue weighted by molar-refractivity contribution is 6.25. The normalized spacial score (nSPS) is 14.7. The van der Waals surface area contributed by atoms with Gasteiger partial charge in [-0.15, -0.1) is 0 Å². The molecule has 0 aliphatic heterocycles. The molecule has 0 bridgehead atoms. The zero-order chi connectivity index (χ0) is 26.0. The average Bonchev–Trinajstić information content (AvgIpc) is 2.84. The number of anilines is 4. The Labute approximate surface area is 211 Å². The second-order valence-electron chi connectivity index (χ2n) is 9.01. The summed E-state index contributed by atoms with van der Waals surface area (Å²) in [6, 6.07) is 16.9. The molecule has 7 nitrogen and oxygen atoms in total. The fraction of sp³-hybridized carbons (Fsp3) is 0.172. The largest absolute Gasteiger partial charge is 0.491 e. The quantitative estimate of drug-likeness (QED) is 0.285. The van der Waals surface area contributed by atoms with Crippen molar-refractivity contribution in [2.75, 3.05) is 29.6 Å². The molecule has 184 valence electrons. The molecule has 7 heteroatoms. The van der Waals surface area contributed by atoms with E-state index in [1.807, 2.05) is 81.4 Å². The van der Waals surface area contributed by atoms with E-state index in [1.165, 1.54) is 7.11 Å². The van der Waals surface area contributed by atoms with Crippen LogP contribution in [-0.2, 0) is 16.0 Å². The van der Waals surface area contributed by atoms with Gasteiger partial charge in [-0.1, -0.05) is 12.1 Å². The van der Waals surface area contributed by atoms with Crippen LogP contribution in [0.4, 0.5) is 28.4 Å². The minimum absolute atomic E-state index is 0.195. The lowest BCUT2D eigenvalue weighted by molar-refractivity contribution is -0.115. The van der Waals surface area contributed by atoms with E-state index in [9.17, 15) is 4.79 Å². The third-order valence-electron chi connectivity index (χ3n) is 6.27. The van der Waals surface area contributed by atoms with Crippen LogP contribution in [0.2, 0.25) is 0 Å². The van der Waals surface area contributed by atoms with Gasteiger partial charge in [0.25, 0.3) is 0 Å². The molecule has 3 aromatic carbocycles. The molecule has 0 heterocycles. The van der Waals surface area contributed by atoms with Crippen molar-refractivity contribution in [1.29, 1.82) is 0 Å². The summed E-state index contributed by atoms with van der Waals surface area (Å²) in [5, 5.41) is 3.34. The highest BCUT2D eigenvalue weighted by Crippen LogP contribution is 2.29. The number of rotatable bonds is 6. The highest BCUT2D eigenvalue weighted by atomic mass is 16.5. The van der Waals surface area contributed by atoms with Gasteiger partial charge in [-0.05, 0) is 91.6 Å². The number of ketones is 1. The van der Waals surface area contributed by atoms with E-state index >= 15 is 0 Å². The van der Waals surface area contributed by atoms with Crippen molar-refractivity contribution in [2.24, 2.45) is 4.99 Å². The van der Waals surface area contributed by atoms with Crippen molar-refractivity contribution in [3.05, 3.63) is 100.0 Å². The Kier molecular flexibility index (Phi) is 6.83. The molecule has 4 rings (SSSR count). The number of carbonyl (C=O) groups is 1. The Morgan fingerprint density at radius 3 is 2.06 bits per heavy atom. The van der Waals surface area contributed by atoms with Crippen LogP contribution in [0, 0.1) is 20.8 Å². The summed E-state index contributed by atoms with van der Waals surface area (Å²) in [6.45, 7) is 5.81. The van der Waals surface area contributed by atoms with E-state index in [0.29, 0.717) is 46.2 Å². The molecule has 0 atom stereocenters. The fourth-order valence-electron chi connectivity index (χ4n) is 4.05. The minimum atomic E-state index is -0.200. The summed E-state index contributed by atoms with van der Waals surface area (Å²) in [6.07, 6.45) is 2.23. The Morgan fingerprint density at radius 2 is 1.44 bits per heavy atom. The number of nitrogen functional groups attached to an aromatic ring is 3. The Morgan fingerprint density at radius 1 is 0.833 bits per heavy atom. The summed E-state index contributed by atoms with van der Waals surface area (Å²) in [5.74, 6) is -0.00542. The Hall–Kier alpha value is -4.52. The third kappa shape index (κ3) is 5.10. The smallest absolute Gasteiger partial charge is 0.226 e. The molecule has 3 aromatic rings. The van der Waals surface area contributed by atoms with Gasteiger partial charge in [0.15, 0.2) is 5.76 Å². The first-order valence-corrected chi connectivity index (χ1v) is 11.6. The lowest BCUT2D eigenvalue weighted by Gasteiger charge is -2.22. The van der Waals surface area contributed by atoms with Gasteiger partial charge in [0.1, 0.15) is 5.70 Å². The average molecular weight is 482 g/mol. The molecule has 1 aliphatic carbocycles. The van der Waals surface area contributed by atoms with E-state index in [2.05, 4.69) is 5.32 Å². The summed E-state index contributed by atoms with van der Waals surface area (Å²) in [4.78, 5) is 18.4. The molecule has 36 heavy (non-hydrogen) atoms. The second-order valence-corrected chi connectivity index (χ2v) is 9.01. The number of benzene rings is 3. The number of ether oxygens (including phenoxy) is 1. The van der Waals surface area contributed by atoms with E-state index in [0.717, 1.165) is 27.9 Å². The number of Topliss-reactive ketones (excluding diaryl/α,β-unsaturated/α-hetero) is 1. The molecule has 0 unspecified atom stereocenters. The molecule has 0 saturated carbocycles. The second kappa shape index (κ2) is 10.00. The molecule has 0 saturated heterocycles. The monoisotopic (exact) mass is 481 g/mol. The predicted octanol–water partition coefficient (Wildman–Crippen LogP) is 5.15. The van der Waals surface area contributed by atoms with Gasteiger partial charge in [0.2, 0.25) is 5.78 Å². The minimum Gasteiger partial charge on any atom is -0.491 e. The summed E-state index contributed by atoms with van der Waals surface area (Å²) >= 11 is 0. The van der Waals surface area contributed by atoms with E-state index in [4.69, 9.17) is 26.9 Å². The maximum atomic E-state index is 13.5. The zero-order valence-corrected chi connectivity index (χ0v) is 21.0. The van der Waals surface area contributed by atoms with E-state index in [1.54, 1.807) is 0 Å². The van der Waals surface area contributed by atoms with Crippen molar-refractivity contribution in [1.82, 2.24) is 0 Å². The standard InChI is InChI=1S/C29H31N5O2/c1-16-11-19(5-8-23(16)30)14-20-15-26(33-21-6-9-24(31)17(2)12-21)27(29(36-4)28(20)35)34-22-7-10-25(32)18(3)13-22/h5-13,15,34H,14,30-32H2,1-4H3. The number of aryl methyl sites for hydroxylation is 3. The number of hydrogen-bond donors (Lipinski definition) is 4.